The van der Waals surface area contributed by atoms with Crippen LogP contribution in [0.15, 0.2) is 0 Å². The number of amides is 1. The molecule has 0 radical (unpaired) electrons. The number of hydrogen-bond donors (Lipinski definition) is 1. The normalized spacial score (nSPS) is 10.3. The van der Waals surface area contributed by atoms with E-state index in [-0.39, 0.29) is 5.91 Å². The summed E-state index contributed by atoms with van der Waals surface area (Å²) in [6.07, 6.45) is 0. The van der Waals surface area contributed by atoms with Crippen LogP contribution in [0, 0.1) is 5.92 Å². The summed E-state index contributed by atoms with van der Waals surface area (Å²) in [6.45, 7) is 9.32. The molecule has 3 heteroatoms. The highest BCUT2D eigenvalue weighted by Crippen LogP contribution is 1.95. The Balaban J connectivity index is 3.79. The molecule has 1 N–H and O–H groups in total. The Hall–Kier alpha value is -0.570. The number of hydrazine groups is 1. The van der Waals surface area contributed by atoms with Gasteiger partial charge in [-0.25, -0.2) is 5.43 Å². The molecule has 0 aromatic carbocycles. The molecule has 0 aliphatic rings. The molecular formula is C8H18N2O. The standard InChI is InChI=1S/C8H18N2O/c1-5-9-10(8(4)11)6-7(2)3/h7,9H,5-6H2,1-4H3. The van der Waals surface area contributed by atoms with E-state index in [0.717, 1.165) is 13.1 Å². The predicted octanol–water partition coefficient (Wildman–Crippen LogP) is 1.02. The molecule has 66 valence electrons. The largest absolute Gasteiger partial charge is 0.278 e. The Morgan fingerprint density at radius 2 is 2.09 bits per heavy atom. The number of carbonyl (C=O) groups is 1. The first kappa shape index (κ1) is 10.4. The van der Waals surface area contributed by atoms with Crippen molar-refractivity contribution in [3.63, 3.8) is 0 Å². The second kappa shape index (κ2) is 5.13. The Kier molecular flexibility index (Phi) is 4.86. The highest BCUT2D eigenvalue weighted by Gasteiger charge is 2.07. The van der Waals surface area contributed by atoms with Crippen LogP contribution in [0.3, 0.4) is 0 Å². The number of nitrogens with one attached hydrogen (secondary N) is 1. The van der Waals surface area contributed by atoms with Crippen LogP contribution in [-0.2, 0) is 4.79 Å². The first-order chi connectivity index (χ1) is 5.07. The third-order valence-electron chi connectivity index (χ3n) is 1.28. The first-order valence-electron chi connectivity index (χ1n) is 4.09. The molecule has 0 bridgehead atoms. The molecule has 3 nitrogen and oxygen atoms in total. The average Bonchev–Trinajstić information content (AvgIpc) is 1.86. The van der Waals surface area contributed by atoms with Gasteiger partial charge in [0.15, 0.2) is 0 Å². The molecule has 1 amide bonds. The van der Waals surface area contributed by atoms with Crippen molar-refractivity contribution in [1.82, 2.24) is 10.4 Å². The van der Waals surface area contributed by atoms with Gasteiger partial charge in [0.1, 0.15) is 0 Å². The molecule has 0 aromatic rings. The lowest BCUT2D eigenvalue weighted by molar-refractivity contribution is -0.132. The lowest BCUT2D eigenvalue weighted by atomic mass is 10.2. The fourth-order valence-corrected chi connectivity index (χ4v) is 0.860. The van der Waals surface area contributed by atoms with E-state index >= 15 is 0 Å². The van der Waals surface area contributed by atoms with Crippen molar-refractivity contribution >= 4 is 5.91 Å². The summed E-state index contributed by atoms with van der Waals surface area (Å²) in [5, 5.41) is 1.66. The number of rotatable bonds is 4. The van der Waals surface area contributed by atoms with Crippen molar-refractivity contribution in [1.29, 1.82) is 0 Å². The van der Waals surface area contributed by atoms with Crippen molar-refractivity contribution in [2.75, 3.05) is 13.1 Å². The van der Waals surface area contributed by atoms with Crippen LogP contribution in [-0.4, -0.2) is 24.0 Å². The second-order valence-electron chi connectivity index (χ2n) is 3.04. The molecule has 0 rings (SSSR count). The van der Waals surface area contributed by atoms with Gasteiger partial charge in [0.05, 0.1) is 0 Å². The zero-order valence-corrected chi connectivity index (χ0v) is 7.85. The van der Waals surface area contributed by atoms with Crippen molar-refractivity contribution < 1.29 is 4.79 Å². The fourth-order valence-electron chi connectivity index (χ4n) is 0.860. The highest BCUT2D eigenvalue weighted by molar-refractivity contribution is 5.72. The summed E-state index contributed by atoms with van der Waals surface area (Å²) in [7, 11) is 0. The third-order valence-corrected chi connectivity index (χ3v) is 1.28. The second-order valence-corrected chi connectivity index (χ2v) is 3.04. The summed E-state index contributed by atoms with van der Waals surface area (Å²) in [5.74, 6) is 0.596. The SMILES string of the molecule is CCNN(CC(C)C)C(C)=O. The molecular weight excluding hydrogens is 140 g/mol. The number of carbonyl (C=O) groups excluding carboxylic acids is 1. The van der Waals surface area contributed by atoms with Crippen LogP contribution in [0.2, 0.25) is 0 Å². The quantitative estimate of drug-likeness (QED) is 0.619. The van der Waals surface area contributed by atoms with E-state index in [1.807, 2.05) is 6.92 Å². The predicted molar refractivity (Wildman–Crippen MR) is 45.9 cm³/mol. The van der Waals surface area contributed by atoms with Gasteiger partial charge >= 0.3 is 0 Å². The topological polar surface area (TPSA) is 32.3 Å². The Labute approximate surface area is 68.7 Å². The lowest BCUT2D eigenvalue weighted by Gasteiger charge is -2.22. The Morgan fingerprint density at radius 1 is 1.55 bits per heavy atom. The van der Waals surface area contributed by atoms with Crippen molar-refractivity contribution in [2.24, 2.45) is 5.92 Å². The molecule has 0 aliphatic carbocycles. The van der Waals surface area contributed by atoms with Crippen LogP contribution in [0.25, 0.3) is 0 Å². The van der Waals surface area contributed by atoms with E-state index in [0.29, 0.717) is 5.92 Å². The van der Waals surface area contributed by atoms with Gasteiger partial charge in [0.25, 0.3) is 0 Å². The highest BCUT2D eigenvalue weighted by atomic mass is 16.2. The van der Waals surface area contributed by atoms with Crippen molar-refractivity contribution in [3.05, 3.63) is 0 Å². The van der Waals surface area contributed by atoms with Crippen LogP contribution >= 0.6 is 0 Å². The van der Waals surface area contributed by atoms with Gasteiger partial charge in [-0.05, 0) is 5.92 Å². The molecule has 0 atom stereocenters. The van der Waals surface area contributed by atoms with Crippen LogP contribution < -0.4 is 5.43 Å². The molecule has 0 heterocycles. The van der Waals surface area contributed by atoms with E-state index in [9.17, 15) is 4.79 Å². The minimum absolute atomic E-state index is 0.0838. The van der Waals surface area contributed by atoms with Gasteiger partial charge in [0, 0.05) is 20.0 Å². The summed E-state index contributed by atoms with van der Waals surface area (Å²) in [6, 6.07) is 0. The van der Waals surface area contributed by atoms with Crippen LogP contribution in [0.4, 0.5) is 0 Å². The van der Waals surface area contributed by atoms with Gasteiger partial charge in [0.2, 0.25) is 5.91 Å². The maximum Gasteiger partial charge on any atom is 0.233 e. The molecule has 11 heavy (non-hydrogen) atoms. The van der Waals surface area contributed by atoms with Crippen molar-refractivity contribution in [2.45, 2.75) is 27.7 Å². The summed E-state index contributed by atoms with van der Waals surface area (Å²) < 4.78 is 0. The van der Waals surface area contributed by atoms with Gasteiger partial charge in [-0.1, -0.05) is 20.8 Å². The average molecular weight is 158 g/mol. The maximum atomic E-state index is 10.9. The first-order valence-corrected chi connectivity index (χ1v) is 4.09. The monoisotopic (exact) mass is 158 g/mol. The van der Waals surface area contributed by atoms with Gasteiger partial charge in [-0.2, -0.15) is 0 Å². The molecule has 0 aliphatic heterocycles. The van der Waals surface area contributed by atoms with Crippen LogP contribution in [0.1, 0.15) is 27.7 Å². The minimum Gasteiger partial charge on any atom is -0.278 e. The zero-order chi connectivity index (χ0) is 8.85. The molecule has 0 saturated carbocycles. The molecule has 0 unspecified atom stereocenters. The zero-order valence-electron chi connectivity index (χ0n) is 7.85. The van der Waals surface area contributed by atoms with Crippen LogP contribution in [0.5, 0.6) is 0 Å². The molecule has 0 saturated heterocycles. The summed E-state index contributed by atoms with van der Waals surface area (Å²) in [4.78, 5) is 10.9. The lowest BCUT2D eigenvalue weighted by Crippen LogP contribution is -2.43. The molecule has 0 fully saturated rings. The van der Waals surface area contributed by atoms with E-state index in [2.05, 4.69) is 19.3 Å². The van der Waals surface area contributed by atoms with Gasteiger partial charge in [-0.3, -0.25) is 9.80 Å². The minimum atomic E-state index is 0.0838. The van der Waals surface area contributed by atoms with E-state index in [4.69, 9.17) is 0 Å². The number of nitrogens with zero attached hydrogens (tertiary/aromatic N) is 1. The molecule has 0 spiro atoms. The Bertz CT molecular complexity index is 123. The molecule has 0 aromatic heterocycles. The third kappa shape index (κ3) is 4.79. The van der Waals surface area contributed by atoms with E-state index in [1.165, 1.54) is 0 Å². The maximum absolute atomic E-state index is 10.9. The smallest absolute Gasteiger partial charge is 0.233 e. The number of hydrogen-bond acceptors (Lipinski definition) is 2. The van der Waals surface area contributed by atoms with Gasteiger partial charge < -0.3 is 0 Å². The van der Waals surface area contributed by atoms with Crippen molar-refractivity contribution in [3.8, 4) is 0 Å². The fraction of sp³-hybridized carbons (Fsp3) is 0.875. The summed E-state index contributed by atoms with van der Waals surface area (Å²) in [5.41, 5.74) is 3.00. The van der Waals surface area contributed by atoms with Gasteiger partial charge in [-0.15, -0.1) is 0 Å². The van der Waals surface area contributed by atoms with E-state index < -0.39 is 0 Å². The van der Waals surface area contributed by atoms with E-state index in [1.54, 1.807) is 11.9 Å². The summed E-state index contributed by atoms with van der Waals surface area (Å²) >= 11 is 0. The Morgan fingerprint density at radius 3 is 2.36 bits per heavy atom.